The number of hydrogen-bond donors (Lipinski definition) is 2. The highest BCUT2D eigenvalue weighted by Gasteiger charge is 2.19. The second kappa shape index (κ2) is 5.69. The van der Waals surface area contributed by atoms with Gasteiger partial charge in [0.2, 0.25) is 0 Å². The van der Waals surface area contributed by atoms with Crippen molar-refractivity contribution in [3.05, 3.63) is 29.6 Å². The van der Waals surface area contributed by atoms with Crippen molar-refractivity contribution in [1.29, 1.82) is 0 Å². The molecule has 1 aromatic rings. The third-order valence-corrected chi connectivity index (χ3v) is 2.44. The minimum Gasteiger partial charge on any atom is -0.409 e. The lowest BCUT2D eigenvalue weighted by Gasteiger charge is -2.26. The van der Waals surface area contributed by atoms with Crippen molar-refractivity contribution in [2.45, 2.75) is 20.8 Å². The molecule has 0 aliphatic carbocycles. The van der Waals surface area contributed by atoms with Crippen molar-refractivity contribution in [2.24, 2.45) is 16.3 Å². The van der Waals surface area contributed by atoms with Crippen LogP contribution in [0.2, 0.25) is 0 Å². The van der Waals surface area contributed by atoms with Gasteiger partial charge in [0.1, 0.15) is 5.69 Å². The normalized spacial score (nSPS) is 12.3. The van der Waals surface area contributed by atoms with Crippen LogP contribution in [0, 0.1) is 5.41 Å². The smallest absolute Gasteiger partial charge is 0.272 e. The summed E-state index contributed by atoms with van der Waals surface area (Å²) in [7, 11) is 1.74. The van der Waals surface area contributed by atoms with Gasteiger partial charge in [-0.05, 0) is 17.5 Å². The number of amidine groups is 1. The lowest BCUT2D eigenvalue weighted by molar-refractivity contribution is 0.0740. The standard InChI is InChI=1S/C13H20N4O2/c1-13(2,3)8-17(4)12(18)10-6-5-9(7-15-10)11(14)16-19/h5-7,19H,8H2,1-4H3,(H2,14,16). The molecule has 6 nitrogen and oxygen atoms in total. The van der Waals surface area contributed by atoms with E-state index in [4.69, 9.17) is 10.9 Å². The number of hydrogen-bond acceptors (Lipinski definition) is 4. The maximum absolute atomic E-state index is 12.1. The van der Waals surface area contributed by atoms with Crippen molar-refractivity contribution >= 4 is 11.7 Å². The Morgan fingerprint density at radius 3 is 2.53 bits per heavy atom. The second-order valence-corrected chi connectivity index (χ2v) is 5.64. The molecule has 0 unspecified atom stereocenters. The predicted octanol–water partition coefficient (Wildman–Crippen LogP) is 1.29. The fourth-order valence-corrected chi connectivity index (χ4v) is 1.71. The van der Waals surface area contributed by atoms with E-state index in [0.717, 1.165) is 0 Å². The first kappa shape index (κ1) is 14.9. The van der Waals surface area contributed by atoms with Crippen molar-refractivity contribution in [2.75, 3.05) is 13.6 Å². The Morgan fingerprint density at radius 2 is 2.11 bits per heavy atom. The van der Waals surface area contributed by atoms with Crippen LogP contribution in [0.4, 0.5) is 0 Å². The quantitative estimate of drug-likeness (QED) is 0.372. The molecule has 0 bridgehead atoms. The number of nitrogens with two attached hydrogens (primary N) is 1. The number of oxime groups is 1. The molecule has 0 saturated heterocycles. The zero-order valence-electron chi connectivity index (χ0n) is 11.7. The molecule has 104 valence electrons. The van der Waals surface area contributed by atoms with Gasteiger partial charge in [0, 0.05) is 25.4 Å². The minimum absolute atomic E-state index is 0.0261. The molecule has 0 radical (unpaired) electrons. The molecule has 1 amide bonds. The predicted molar refractivity (Wildman–Crippen MR) is 73.2 cm³/mol. The Bertz CT molecular complexity index is 474. The van der Waals surface area contributed by atoms with Gasteiger partial charge >= 0.3 is 0 Å². The summed E-state index contributed by atoms with van der Waals surface area (Å²) in [6, 6.07) is 3.16. The zero-order valence-corrected chi connectivity index (χ0v) is 11.7. The average molecular weight is 264 g/mol. The summed E-state index contributed by atoms with van der Waals surface area (Å²) >= 11 is 0. The number of aromatic nitrogens is 1. The largest absolute Gasteiger partial charge is 0.409 e. The molecule has 6 heteroatoms. The summed E-state index contributed by atoms with van der Waals surface area (Å²) in [6.07, 6.45) is 1.41. The van der Waals surface area contributed by atoms with Gasteiger partial charge in [0.05, 0.1) is 0 Å². The molecule has 0 aliphatic heterocycles. The van der Waals surface area contributed by atoms with Gasteiger partial charge < -0.3 is 15.8 Å². The Morgan fingerprint density at radius 1 is 1.47 bits per heavy atom. The molecule has 0 saturated carbocycles. The van der Waals surface area contributed by atoms with E-state index < -0.39 is 0 Å². The Hall–Kier alpha value is -2.11. The van der Waals surface area contributed by atoms with E-state index in [1.54, 1.807) is 24.1 Å². The number of carbonyl (C=O) groups excluding carboxylic acids is 1. The molecule has 0 aromatic carbocycles. The van der Waals surface area contributed by atoms with Crippen molar-refractivity contribution < 1.29 is 10.0 Å². The zero-order chi connectivity index (χ0) is 14.6. The first-order valence-electron chi connectivity index (χ1n) is 5.94. The van der Waals surface area contributed by atoms with Crippen LogP contribution in [-0.4, -0.2) is 40.4 Å². The third-order valence-electron chi connectivity index (χ3n) is 2.44. The maximum Gasteiger partial charge on any atom is 0.272 e. The average Bonchev–Trinajstić information content (AvgIpc) is 2.35. The summed E-state index contributed by atoms with van der Waals surface area (Å²) in [5, 5.41) is 11.4. The van der Waals surface area contributed by atoms with Gasteiger partial charge in [-0.2, -0.15) is 0 Å². The number of carbonyl (C=O) groups is 1. The molecule has 3 N–H and O–H groups in total. The molecular weight excluding hydrogens is 244 g/mol. The number of amides is 1. The summed E-state index contributed by atoms with van der Waals surface area (Å²) in [5.74, 6) is -0.185. The molecule has 19 heavy (non-hydrogen) atoms. The van der Waals surface area contributed by atoms with E-state index in [1.165, 1.54) is 6.20 Å². The molecule has 0 spiro atoms. The Kier molecular flexibility index (Phi) is 4.47. The monoisotopic (exact) mass is 264 g/mol. The van der Waals surface area contributed by atoms with Crippen molar-refractivity contribution in [3.8, 4) is 0 Å². The highest BCUT2D eigenvalue weighted by molar-refractivity contribution is 5.98. The number of pyridine rings is 1. The Balaban J connectivity index is 2.84. The van der Waals surface area contributed by atoms with Gasteiger partial charge in [0.25, 0.3) is 5.91 Å². The summed E-state index contributed by atoms with van der Waals surface area (Å²) in [6.45, 7) is 6.82. The fourth-order valence-electron chi connectivity index (χ4n) is 1.71. The fraction of sp³-hybridized carbons (Fsp3) is 0.462. The summed E-state index contributed by atoms with van der Waals surface area (Å²) in [4.78, 5) is 17.8. The van der Waals surface area contributed by atoms with Crippen LogP contribution in [0.3, 0.4) is 0 Å². The lowest BCUT2D eigenvalue weighted by Crippen LogP contribution is -2.35. The van der Waals surface area contributed by atoms with Gasteiger partial charge in [-0.25, -0.2) is 0 Å². The van der Waals surface area contributed by atoms with Gasteiger partial charge in [-0.3, -0.25) is 9.78 Å². The maximum atomic E-state index is 12.1. The van der Waals surface area contributed by atoms with Crippen LogP contribution in [-0.2, 0) is 0 Å². The van der Waals surface area contributed by atoms with Gasteiger partial charge in [-0.1, -0.05) is 25.9 Å². The van der Waals surface area contributed by atoms with Crippen molar-refractivity contribution in [1.82, 2.24) is 9.88 Å². The van der Waals surface area contributed by atoms with Crippen LogP contribution >= 0.6 is 0 Å². The topological polar surface area (TPSA) is 91.8 Å². The van der Waals surface area contributed by atoms with Gasteiger partial charge in [0.15, 0.2) is 5.84 Å². The molecule has 0 atom stereocenters. The molecule has 1 heterocycles. The van der Waals surface area contributed by atoms with E-state index >= 15 is 0 Å². The number of rotatable bonds is 3. The SMILES string of the molecule is CN(CC(C)(C)C)C(=O)c1ccc(C(N)=NO)cn1. The molecule has 0 fully saturated rings. The van der Waals surface area contributed by atoms with E-state index in [9.17, 15) is 4.79 Å². The van der Waals surface area contributed by atoms with E-state index in [-0.39, 0.29) is 17.2 Å². The molecule has 1 aromatic heterocycles. The van der Waals surface area contributed by atoms with Crippen LogP contribution in [0.25, 0.3) is 0 Å². The highest BCUT2D eigenvalue weighted by Crippen LogP contribution is 2.15. The Labute approximate surface area is 112 Å². The van der Waals surface area contributed by atoms with Crippen LogP contribution < -0.4 is 5.73 Å². The summed E-state index contributed by atoms with van der Waals surface area (Å²) < 4.78 is 0. The highest BCUT2D eigenvalue weighted by atomic mass is 16.4. The first-order valence-corrected chi connectivity index (χ1v) is 5.94. The number of nitrogens with zero attached hydrogens (tertiary/aromatic N) is 3. The minimum atomic E-state index is -0.152. The van der Waals surface area contributed by atoms with E-state index in [1.807, 2.05) is 0 Å². The van der Waals surface area contributed by atoms with E-state index in [2.05, 4.69) is 30.9 Å². The lowest BCUT2D eigenvalue weighted by atomic mass is 9.96. The van der Waals surface area contributed by atoms with Crippen molar-refractivity contribution in [3.63, 3.8) is 0 Å². The van der Waals surface area contributed by atoms with E-state index in [0.29, 0.717) is 17.8 Å². The van der Waals surface area contributed by atoms with Crippen LogP contribution in [0.1, 0.15) is 36.8 Å². The van der Waals surface area contributed by atoms with Gasteiger partial charge in [-0.15, -0.1) is 0 Å². The molecule has 0 aliphatic rings. The first-order chi connectivity index (χ1) is 8.74. The van der Waals surface area contributed by atoms with Crippen LogP contribution in [0.5, 0.6) is 0 Å². The summed E-state index contributed by atoms with van der Waals surface area (Å²) in [5.41, 5.74) is 6.26. The molecule has 1 rings (SSSR count). The molecular formula is C13H20N4O2. The second-order valence-electron chi connectivity index (χ2n) is 5.64. The van der Waals surface area contributed by atoms with Crippen LogP contribution in [0.15, 0.2) is 23.5 Å². The third kappa shape index (κ3) is 4.24.